The van der Waals surface area contributed by atoms with Gasteiger partial charge in [-0.15, -0.1) is 0 Å². The van der Waals surface area contributed by atoms with Crippen LogP contribution in [0, 0.1) is 12.8 Å². The van der Waals surface area contributed by atoms with Gasteiger partial charge in [-0.25, -0.2) is 4.98 Å². The van der Waals surface area contributed by atoms with Crippen molar-refractivity contribution >= 4 is 5.91 Å². The lowest BCUT2D eigenvalue weighted by Gasteiger charge is -2.32. The Kier molecular flexibility index (Phi) is 4.60. The van der Waals surface area contributed by atoms with Crippen molar-refractivity contribution in [1.82, 2.24) is 14.5 Å². The van der Waals surface area contributed by atoms with E-state index in [2.05, 4.69) is 46.9 Å². The van der Waals surface area contributed by atoms with Gasteiger partial charge in [-0.3, -0.25) is 4.79 Å². The molecule has 0 bridgehead atoms. The molecule has 1 aromatic carbocycles. The maximum atomic E-state index is 12.6. The largest absolute Gasteiger partial charge is 0.342 e. The van der Waals surface area contributed by atoms with Crippen molar-refractivity contribution in [2.24, 2.45) is 5.92 Å². The molecule has 1 aromatic heterocycles. The molecule has 0 atom stereocenters. The van der Waals surface area contributed by atoms with Crippen molar-refractivity contribution in [3.8, 4) is 0 Å². The van der Waals surface area contributed by atoms with Crippen molar-refractivity contribution in [3.63, 3.8) is 0 Å². The van der Waals surface area contributed by atoms with E-state index in [0.717, 1.165) is 44.0 Å². The van der Waals surface area contributed by atoms with Crippen LogP contribution in [-0.4, -0.2) is 33.4 Å². The molecule has 0 radical (unpaired) electrons. The highest BCUT2D eigenvalue weighted by Gasteiger charge is 2.28. The number of carbonyl (C=O) groups excluding carboxylic acids is 1. The fourth-order valence-corrected chi connectivity index (χ4v) is 3.79. The Balaban J connectivity index is 1.32. The fraction of sp³-hybridized carbons (Fsp3) is 0.524. The minimum atomic E-state index is 0.253. The molecule has 2 heterocycles. The van der Waals surface area contributed by atoms with Crippen LogP contribution in [0.4, 0.5) is 0 Å². The number of carbonyl (C=O) groups is 1. The van der Waals surface area contributed by atoms with Crippen molar-refractivity contribution in [1.29, 1.82) is 0 Å². The number of amides is 1. The first-order chi connectivity index (χ1) is 12.2. The zero-order chi connectivity index (χ0) is 17.2. The smallest absolute Gasteiger partial charge is 0.226 e. The normalized spacial score (nSPS) is 18.5. The van der Waals surface area contributed by atoms with Crippen LogP contribution in [-0.2, 0) is 17.8 Å². The van der Waals surface area contributed by atoms with Crippen LogP contribution in [0.25, 0.3) is 0 Å². The number of aryl methyl sites for hydroxylation is 1. The highest BCUT2D eigenvalue weighted by molar-refractivity contribution is 5.78. The lowest BCUT2D eigenvalue weighted by Crippen LogP contribution is -2.39. The molecule has 2 aromatic rings. The first-order valence-electron chi connectivity index (χ1n) is 9.53. The molecule has 4 heteroatoms. The second kappa shape index (κ2) is 7.03. The minimum absolute atomic E-state index is 0.253. The predicted molar refractivity (Wildman–Crippen MR) is 98.4 cm³/mol. The topological polar surface area (TPSA) is 38.1 Å². The average Bonchev–Trinajstić information content (AvgIpc) is 3.32. The molecule has 4 rings (SSSR count). The van der Waals surface area contributed by atoms with Gasteiger partial charge in [0, 0.05) is 37.9 Å². The van der Waals surface area contributed by atoms with Crippen LogP contribution in [0.3, 0.4) is 0 Å². The van der Waals surface area contributed by atoms with E-state index in [4.69, 9.17) is 0 Å². The minimum Gasteiger partial charge on any atom is -0.342 e. The Morgan fingerprint density at radius 2 is 1.84 bits per heavy atom. The zero-order valence-corrected chi connectivity index (χ0v) is 15.0. The van der Waals surface area contributed by atoms with Gasteiger partial charge in [0.25, 0.3) is 0 Å². The van der Waals surface area contributed by atoms with E-state index < -0.39 is 0 Å². The Labute approximate surface area is 149 Å². The van der Waals surface area contributed by atoms with Crippen LogP contribution in [0.15, 0.2) is 36.7 Å². The quantitative estimate of drug-likeness (QED) is 0.837. The van der Waals surface area contributed by atoms with E-state index in [1.165, 1.54) is 24.2 Å². The zero-order valence-electron chi connectivity index (χ0n) is 15.0. The number of hydrogen-bond donors (Lipinski definition) is 0. The van der Waals surface area contributed by atoms with Crippen molar-refractivity contribution in [2.75, 3.05) is 13.1 Å². The van der Waals surface area contributed by atoms with Crippen LogP contribution in [0.5, 0.6) is 0 Å². The SMILES string of the molecule is Cc1ccc(CC(=O)N2CCC(c3nccn3CC3CC3)CC2)cc1. The van der Waals surface area contributed by atoms with Crippen LogP contribution in [0.2, 0.25) is 0 Å². The average molecular weight is 337 g/mol. The first-order valence-corrected chi connectivity index (χ1v) is 9.53. The molecule has 25 heavy (non-hydrogen) atoms. The molecule has 1 saturated heterocycles. The van der Waals surface area contributed by atoms with Gasteiger partial charge in [-0.05, 0) is 44.1 Å². The monoisotopic (exact) mass is 337 g/mol. The van der Waals surface area contributed by atoms with Crippen LogP contribution in [0.1, 0.15) is 48.6 Å². The van der Waals surface area contributed by atoms with E-state index >= 15 is 0 Å². The number of likely N-dealkylation sites (tertiary alicyclic amines) is 1. The summed E-state index contributed by atoms with van der Waals surface area (Å²) in [4.78, 5) is 19.2. The van der Waals surface area contributed by atoms with E-state index in [0.29, 0.717) is 12.3 Å². The molecule has 4 nitrogen and oxygen atoms in total. The molecule has 2 fully saturated rings. The maximum Gasteiger partial charge on any atom is 0.226 e. The highest BCUT2D eigenvalue weighted by atomic mass is 16.2. The van der Waals surface area contributed by atoms with E-state index in [1.807, 2.05) is 11.1 Å². The van der Waals surface area contributed by atoms with Crippen molar-refractivity contribution < 1.29 is 4.79 Å². The van der Waals surface area contributed by atoms with Gasteiger partial charge in [0.05, 0.1) is 6.42 Å². The van der Waals surface area contributed by atoms with Gasteiger partial charge in [0.2, 0.25) is 5.91 Å². The van der Waals surface area contributed by atoms with Gasteiger partial charge in [0.1, 0.15) is 5.82 Å². The van der Waals surface area contributed by atoms with Crippen LogP contribution >= 0.6 is 0 Å². The van der Waals surface area contributed by atoms with E-state index in [1.54, 1.807) is 0 Å². The lowest BCUT2D eigenvalue weighted by molar-refractivity contribution is -0.131. The summed E-state index contributed by atoms with van der Waals surface area (Å²) in [5.74, 6) is 2.85. The summed E-state index contributed by atoms with van der Waals surface area (Å²) < 4.78 is 2.35. The molecule has 1 saturated carbocycles. The third-order valence-electron chi connectivity index (χ3n) is 5.59. The molecule has 2 aliphatic rings. The summed E-state index contributed by atoms with van der Waals surface area (Å²) >= 11 is 0. The molecular weight excluding hydrogens is 310 g/mol. The van der Waals surface area contributed by atoms with Gasteiger partial charge in [-0.1, -0.05) is 29.8 Å². The molecule has 132 valence electrons. The summed E-state index contributed by atoms with van der Waals surface area (Å²) in [5, 5.41) is 0. The van der Waals surface area contributed by atoms with Gasteiger partial charge < -0.3 is 9.47 Å². The predicted octanol–water partition coefficient (Wildman–Crippen LogP) is 3.55. The molecule has 1 aliphatic carbocycles. The van der Waals surface area contributed by atoms with E-state index in [9.17, 15) is 4.79 Å². The summed E-state index contributed by atoms with van der Waals surface area (Å²) in [6.45, 7) is 4.91. The molecule has 0 unspecified atom stereocenters. The first kappa shape index (κ1) is 16.4. The number of piperidine rings is 1. The summed E-state index contributed by atoms with van der Waals surface area (Å²) in [6, 6.07) is 8.28. The molecule has 1 aliphatic heterocycles. The summed E-state index contributed by atoms with van der Waals surface area (Å²) in [5.41, 5.74) is 2.34. The number of imidazole rings is 1. The lowest BCUT2D eigenvalue weighted by atomic mass is 9.95. The Morgan fingerprint density at radius 1 is 1.12 bits per heavy atom. The Morgan fingerprint density at radius 3 is 2.52 bits per heavy atom. The van der Waals surface area contributed by atoms with Gasteiger partial charge in [-0.2, -0.15) is 0 Å². The van der Waals surface area contributed by atoms with Gasteiger partial charge in [0.15, 0.2) is 0 Å². The molecule has 0 spiro atoms. The third kappa shape index (κ3) is 3.94. The van der Waals surface area contributed by atoms with Crippen molar-refractivity contribution in [2.45, 2.75) is 51.5 Å². The molecule has 0 N–H and O–H groups in total. The second-order valence-electron chi connectivity index (χ2n) is 7.70. The Bertz CT molecular complexity index is 722. The standard InChI is InChI=1S/C21H27N3O/c1-16-2-4-17(5-3-16)14-20(25)23-11-8-19(9-12-23)21-22-10-13-24(21)15-18-6-7-18/h2-5,10,13,18-19H,6-9,11-12,14-15H2,1H3. The van der Waals surface area contributed by atoms with Crippen molar-refractivity contribution in [3.05, 3.63) is 53.6 Å². The molecule has 1 amide bonds. The number of benzene rings is 1. The fourth-order valence-electron chi connectivity index (χ4n) is 3.79. The number of rotatable bonds is 5. The highest BCUT2D eigenvalue weighted by Crippen LogP contribution is 2.33. The third-order valence-corrected chi connectivity index (χ3v) is 5.59. The number of hydrogen-bond acceptors (Lipinski definition) is 2. The second-order valence-corrected chi connectivity index (χ2v) is 7.70. The summed E-state index contributed by atoms with van der Waals surface area (Å²) in [6.07, 6.45) is 9.37. The van der Waals surface area contributed by atoms with E-state index in [-0.39, 0.29) is 5.91 Å². The van der Waals surface area contributed by atoms with Crippen LogP contribution < -0.4 is 0 Å². The van der Waals surface area contributed by atoms with Gasteiger partial charge >= 0.3 is 0 Å². The molecular formula is C21H27N3O. The Hall–Kier alpha value is -2.10. The number of aromatic nitrogens is 2. The number of nitrogens with zero attached hydrogens (tertiary/aromatic N) is 3. The maximum absolute atomic E-state index is 12.6. The summed E-state index contributed by atoms with van der Waals surface area (Å²) in [7, 11) is 0.